The van der Waals surface area contributed by atoms with Gasteiger partial charge in [-0.2, -0.15) is 38.0 Å². The summed E-state index contributed by atoms with van der Waals surface area (Å²) in [6.45, 7) is 22.8. The molecule has 6 saturated heterocycles. The number of aromatic amines is 1. The lowest BCUT2D eigenvalue weighted by molar-refractivity contribution is -0.134. The minimum absolute atomic E-state index is 0.0162. The molecule has 0 radical (unpaired) electrons. The maximum absolute atomic E-state index is 13.4. The second-order valence-corrected chi connectivity index (χ2v) is 28.5. The molecule has 0 aliphatic carbocycles. The van der Waals surface area contributed by atoms with Crippen LogP contribution in [-0.2, 0) is 35.1 Å². The molecule has 0 unspecified atom stereocenters. The predicted molar refractivity (Wildman–Crippen MR) is 415 cm³/mol. The van der Waals surface area contributed by atoms with Gasteiger partial charge in [0, 0.05) is 197 Å². The summed E-state index contributed by atoms with van der Waals surface area (Å²) >= 11 is 21.0. The summed E-state index contributed by atoms with van der Waals surface area (Å²) in [6.07, 6.45) is 8.61. The van der Waals surface area contributed by atoms with Crippen molar-refractivity contribution in [2.75, 3.05) is 218 Å². The molecule has 110 heavy (non-hydrogen) atoms. The Kier molecular flexibility index (Phi) is 34.1. The van der Waals surface area contributed by atoms with Crippen LogP contribution in [0, 0.1) is 0 Å². The molecule has 31 nitrogen and oxygen atoms in total. The third kappa shape index (κ3) is 26.1. The summed E-state index contributed by atoms with van der Waals surface area (Å²) in [5.41, 5.74) is 2.41. The van der Waals surface area contributed by atoms with Gasteiger partial charge in [0.2, 0.25) is 16.5 Å². The normalized spacial score (nSPS) is 17.1. The van der Waals surface area contributed by atoms with E-state index in [-0.39, 0.29) is 84.9 Å². The molecule has 8 aromatic rings. The van der Waals surface area contributed by atoms with E-state index < -0.39 is 25.0 Å². The molecule has 14 rings (SSSR count). The second-order valence-electron chi connectivity index (χ2n) is 25.6. The number of carbonyl (C=O) groups is 5. The summed E-state index contributed by atoms with van der Waals surface area (Å²) in [4.78, 5) is 87.3. The number of piperazine rings is 3. The Morgan fingerprint density at radius 3 is 1.39 bits per heavy atom. The average Bonchev–Trinajstić information content (AvgIpc) is 1.55. The first-order chi connectivity index (χ1) is 53.4. The molecular weight excluding hydrogens is 1680 g/mol. The average molecular weight is 1770 g/mol. The number of hydrogen-bond acceptors (Lipinski definition) is 23. The van der Waals surface area contributed by atoms with Crippen molar-refractivity contribution in [1.82, 2.24) is 93.7 Å². The predicted octanol–water partition coefficient (Wildman–Crippen LogP) is 6.59. The number of amides is 4. The van der Waals surface area contributed by atoms with Crippen LogP contribution in [-0.4, -0.2) is 337 Å². The minimum atomic E-state index is -3.11. The zero-order chi connectivity index (χ0) is 77.7. The summed E-state index contributed by atoms with van der Waals surface area (Å²) in [7, 11) is 0. The highest BCUT2D eigenvalue weighted by Crippen LogP contribution is 2.39. The van der Waals surface area contributed by atoms with Crippen molar-refractivity contribution in [1.29, 1.82) is 0 Å². The fourth-order valence-electron chi connectivity index (χ4n) is 12.5. The molecule has 0 spiro atoms. The summed E-state index contributed by atoms with van der Waals surface area (Å²) < 4.78 is 81.5. The van der Waals surface area contributed by atoms with E-state index in [1.165, 1.54) is 113 Å². The van der Waals surface area contributed by atoms with Crippen LogP contribution >= 0.6 is 71.0 Å². The van der Waals surface area contributed by atoms with Gasteiger partial charge in [-0.3, -0.25) is 63.2 Å². The highest BCUT2D eigenvalue weighted by molar-refractivity contribution is 9.19. The highest BCUT2D eigenvalue weighted by Gasteiger charge is 2.28. The summed E-state index contributed by atoms with van der Waals surface area (Å²) in [5.74, 6) is -1.33. The molecule has 2 aromatic carbocycles. The maximum Gasteiger partial charge on any atom is 0.387 e. The first-order valence-electron chi connectivity index (χ1n) is 35.8. The van der Waals surface area contributed by atoms with Gasteiger partial charge in [0.25, 0.3) is 11.8 Å². The largest absolute Gasteiger partial charge is 0.434 e. The van der Waals surface area contributed by atoms with Crippen molar-refractivity contribution in [3.63, 3.8) is 0 Å². The standard InChI is InChI=1S/C29H32ClF2N9O4.C17H11ClF2N6O2.C12H22BrN3O2.C10H21N3O.C2H2Br2O/c30-20-3-4-24(45-29(31)32)21(16-20)27-22(35-28(43)23-17-33-25-2-1-5-34-41(23)25)18-40(36-27)19-26(42)39-10-8-37(9-11-39)6-7-38-12-14-44-15-13-38;18-9-3-4-13(28-17(19)20)10(6-9)15-11(7-22-25-15)24-16(27)12-8-21-14-2-1-5-23-26(12)14;13-11-12(17)16-5-3-14(4-6-16)1-2-15-7-9-18-10-8-15;1-3-12(4-2-11-1)5-6-13-7-9-14-10-8-13;3-1-2(4)5/h1-5,16-18,29H,6-15,19H2,(H,35,43);1-8,17H,(H,22,25)(H,24,27);1-11H2;11H,1-10H2;1H2. The molecule has 6 aliphatic heterocycles. The van der Waals surface area contributed by atoms with Crippen LogP contribution in [0.5, 0.6) is 11.5 Å². The molecular formula is C70H88Br3Cl2F4N21O10. The second kappa shape index (κ2) is 44.1. The lowest BCUT2D eigenvalue weighted by Gasteiger charge is -2.36. The molecule has 4 amide bonds. The Bertz CT molecular complexity index is 4210. The number of alkyl halides is 6. The number of nitrogens with zero attached hydrogens (tertiary/aromatic N) is 17. The van der Waals surface area contributed by atoms with E-state index in [4.69, 9.17) is 42.1 Å². The van der Waals surface area contributed by atoms with Gasteiger partial charge in [0.15, 0.2) is 22.7 Å². The Labute approximate surface area is 667 Å². The molecule has 596 valence electrons. The number of ether oxygens (including phenoxy) is 5. The molecule has 40 heteroatoms. The Hall–Kier alpha value is -7.41. The topological polar surface area (TPSA) is 300 Å². The minimum Gasteiger partial charge on any atom is -0.434 e. The molecule has 12 heterocycles. The van der Waals surface area contributed by atoms with Crippen molar-refractivity contribution in [3.8, 4) is 34.0 Å². The van der Waals surface area contributed by atoms with Crippen molar-refractivity contribution in [2.24, 2.45) is 0 Å². The van der Waals surface area contributed by atoms with E-state index in [1.807, 2.05) is 4.90 Å². The van der Waals surface area contributed by atoms with Crippen LogP contribution in [0.15, 0.2) is 97.8 Å². The highest BCUT2D eigenvalue weighted by atomic mass is 79.9. The van der Waals surface area contributed by atoms with Crippen LogP contribution in [0.2, 0.25) is 10.0 Å². The SMILES string of the molecule is C1CN(CCN2CCOCC2)CCN1.O=C(Br)CBr.O=C(CBr)N1CCN(CCN2CCOCC2)CC1.O=C(Nc1cn(CC(=O)N2CCN(CCN3CCOCC3)CC2)nc1-c1cc(Cl)ccc1OC(F)F)c1cnc2cccnn12.O=C(Nc1cn[nH]c1-c1cc(Cl)ccc1OC(F)F)c1cnc2cccnn12. The Morgan fingerprint density at radius 2 is 0.945 bits per heavy atom. The third-order valence-corrected chi connectivity index (χ3v) is 20.9. The third-order valence-electron chi connectivity index (χ3n) is 18.4. The van der Waals surface area contributed by atoms with Gasteiger partial charge in [-0.1, -0.05) is 55.1 Å². The number of hydrogen-bond donors (Lipinski definition) is 4. The smallest absolute Gasteiger partial charge is 0.387 e. The van der Waals surface area contributed by atoms with Crippen LogP contribution in [0.1, 0.15) is 21.0 Å². The molecule has 0 bridgehead atoms. The quantitative estimate of drug-likeness (QED) is 0.0298. The van der Waals surface area contributed by atoms with Gasteiger partial charge >= 0.3 is 13.2 Å². The number of anilines is 2. The molecule has 0 saturated carbocycles. The fourth-order valence-corrected chi connectivity index (χ4v) is 13.2. The zero-order valence-corrected chi connectivity index (χ0v) is 66.6. The Morgan fingerprint density at radius 1 is 0.527 bits per heavy atom. The van der Waals surface area contributed by atoms with Gasteiger partial charge in [0.05, 0.1) is 86.0 Å². The van der Waals surface area contributed by atoms with E-state index in [0.717, 1.165) is 157 Å². The number of morpholine rings is 3. The van der Waals surface area contributed by atoms with Gasteiger partial charge in [-0.25, -0.2) is 19.0 Å². The van der Waals surface area contributed by atoms with Crippen LogP contribution in [0.25, 0.3) is 33.8 Å². The lowest BCUT2D eigenvalue weighted by Crippen LogP contribution is -2.51. The fraction of sp³-hybridized carbons (Fsp3) is 0.500. The number of fused-ring (bicyclic) bond motifs is 2. The van der Waals surface area contributed by atoms with E-state index in [9.17, 15) is 41.5 Å². The van der Waals surface area contributed by atoms with Crippen LogP contribution < -0.4 is 25.4 Å². The maximum atomic E-state index is 13.4. The number of benzene rings is 2. The van der Waals surface area contributed by atoms with Gasteiger partial charge in [-0.15, -0.1) is 0 Å². The Balaban J connectivity index is 0.000000167. The van der Waals surface area contributed by atoms with Crippen molar-refractivity contribution < 1.29 is 65.2 Å². The molecule has 6 aromatic heterocycles. The first-order valence-corrected chi connectivity index (χ1v) is 39.6. The van der Waals surface area contributed by atoms with E-state index in [2.05, 4.69) is 133 Å². The van der Waals surface area contributed by atoms with Crippen LogP contribution in [0.4, 0.5) is 28.9 Å². The molecule has 4 N–H and O–H groups in total. The molecule has 6 aliphatic rings. The number of aromatic nitrogens is 10. The van der Waals surface area contributed by atoms with Gasteiger partial charge in [-0.05, 0) is 76.6 Å². The summed E-state index contributed by atoms with van der Waals surface area (Å²) in [5, 5.41) is 29.5. The number of carbonyl (C=O) groups excluding carboxylic acids is 5. The van der Waals surface area contributed by atoms with E-state index in [1.54, 1.807) is 29.2 Å². The number of nitrogens with one attached hydrogen (secondary N) is 4. The molecule has 0 atom stereocenters. The first kappa shape index (κ1) is 85.0. The van der Waals surface area contributed by atoms with Crippen LogP contribution in [0.3, 0.4) is 0 Å². The van der Waals surface area contributed by atoms with Gasteiger partial charge < -0.3 is 49.4 Å². The number of H-pyrrole nitrogens is 1. The van der Waals surface area contributed by atoms with Crippen molar-refractivity contribution in [3.05, 3.63) is 119 Å². The van der Waals surface area contributed by atoms with E-state index in [0.29, 0.717) is 40.1 Å². The zero-order valence-electron chi connectivity index (χ0n) is 60.3. The number of imidazole rings is 2. The number of rotatable bonds is 23. The lowest BCUT2D eigenvalue weighted by atomic mass is 10.1. The number of halogens is 9. The summed E-state index contributed by atoms with van der Waals surface area (Å²) in [6, 6.07) is 15.1. The van der Waals surface area contributed by atoms with Crippen molar-refractivity contribution in [2.45, 2.75) is 19.8 Å². The monoisotopic (exact) mass is 1770 g/mol. The molecule has 6 fully saturated rings. The van der Waals surface area contributed by atoms with E-state index >= 15 is 0 Å². The van der Waals surface area contributed by atoms with Crippen molar-refractivity contribution >= 4 is 122 Å². The van der Waals surface area contributed by atoms with Gasteiger partial charge in [0.1, 0.15) is 23.7 Å².